The third kappa shape index (κ3) is 2.77. The Kier molecular flexibility index (Phi) is 3.72. The lowest BCUT2D eigenvalue weighted by molar-refractivity contribution is -0.143. The monoisotopic (exact) mass is 213 g/mol. The number of ether oxygens (including phenoxy) is 2. The van der Waals surface area contributed by atoms with Gasteiger partial charge in [0.2, 0.25) is 0 Å². The molecule has 0 amide bonds. The van der Waals surface area contributed by atoms with Crippen molar-refractivity contribution in [1.82, 2.24) is 4.90 Å². The maximum Gasteiger partial charge on any atom is 0.168 e. The Bertz CT molecular complexity index is 226. The zero-order chi connectivity index (χ0) is 10.7. The molecule has 2 atom stereocenters. The number of ketones is 1. The Labute approximate surface area is 90.5 Å². The van der Waals surface area contributed by atoms with Gasteiger partial charge in [-0.05, 0) is 19.9 Å². The van der Waals surface area contributed by atoms with Crippen molar-refractivity contribution >= 4 is 5.78 Å². The van der Waals surface area contributed by atoms with Crippen molar-refractivity contribution in [1.29, 1.82) is 0 Å². The molecule has 4 nitrogen and oxygen atoms in total. The number of likely N-dealkylation sites (N-methyl/N-ethyl adjacent to an activating group) is 1. The van der Waals surface area contributed by atoms with Crippen LogP contribution in [0.4, 0.5) is 0 Å². The summed E-state index contributed by atoms with van der Waals surface area (Å²) in [6.07, 6.45) is 1.73. The van der Waals surface area contributed by atoms with Gasteiger partial charge in [-0.2, -0.15) is 0 Å². The van der Waals surface area contributed by atoms with Crippen LogP contribution in [-0.2, 0) is 14.3 Å². The van der Waals surface area contributed by atoms with Crippen LogP contribution < -0.4 is 0 Å². The van der Waals surface area contributed by atoms with Crippen LogP contribution >= 0.6 is 0 Å². The van der Waals surface area contributed by atoms with Crippen molar-refractivity contribution in [2.75, 3.05) is 40.0 Å². The molecule has 0 spiro atoms. The van der Waals surface area contributed by atoms with Gasteiger partial charge >= 0.3 is 0 Å². The summed E-state index contributed by atoms with van der Waals surface area (Å²) in [5, 5.41) is 0. The number of hydrogen-bond acceptors (Lipinski definition) is 4. The lowest BCUT2D eigenvalue weighted by Crippen LogP contribution is -2.47. The van der Waals surface area contributed by atoms with Gasteiger partial charge in [-0.15, -0.1) is 0 Å². The van der Waals surface area contributed by atoms with Crippen molar-refractivity contribution in [3.63, 3.8) is 0 Å². The Balaban J connectivity index is 1.88. The fourth-order valence-electron chi connectivity index (χ4n) is 2.18. The Morgan fingerprint density at radius 3 is 2.93 bits per heavy atom. The summed E-state index contributed by atoms with van der Waals surface area (Å²) in [6, 6.07) is 0. The van der Waals surface area contributed by atoms with Gasteiger partial charge in [0, 0.05) is 25.6 Å². The van der Waals surface area contributed by atoms with Crippen LogP contribution in [0.3, 0.4) is 0 Å². The smallest absolute Gasteiger partial charge is 0.168 e. The second kappa shape index (κ2) is 5.05. The van der Waals surface area contributed by atoms with Crippen molar-refractivity contribution in [3.05, 3.63) is 0 Å². The molecule has 2 heterocycles. The first-order valence-corrected chi connectivity index (χ1v) is 5.69. The summed E-state index contributed by atoms with van der Waals surface area (Å²) in [6.45, 7) is 3.71. The van der Waals surface area contributed by atoms with Crippen LogP contribution in [0.5, 0.6) is 0 Å². The standard InChI is InChI=1S/C11H19NO3/c1-12-4-6-15-10(7-12)11(13)9-3-2-5-14-8-9/h9-10H,2-8H2,1H3. The summed E-state index contributed by atoms with van der Waals surface area (Å²) in [4.78, 5) is 14.2. The Morgan fingerprint density at radius 2 is 2.27 bits per heavy atom. The molecule has 2 unspecified atom stereocenters. The van der Waals surface area contributed by atoms with E-state index in [1.807, 2.05) is 7.05 Å². The average molecular weight is 213 g/mol. The SMILES string of the molecule is CN1CCOC(C(=O)C2CCCOC2)C1. The molecule has 0 bridgehead atoms. The summed E-state index contributed by atoms with van der Waals surface area (Å²) in [5.74, 6) is 0.302. The van der Waals surface area contributed by atoms with Gasteiger partial charge in [0.25, 0.3) is 0 Å². The van der Waals surface area contributed by atoms with Crippen molar-refractivity contribution in [3.8, 4) is 0 Å². The van der Waals surface area contributed by atoms with Gasteiger partial charge in [-0.1, -0.05) is 0 Å². The fourth-order valence-corrected chi connectivity index (χ4v) is 2.18. The van der Waals surface area contributed by atoms with Crippen molar-refractivity contribution in [2.24, 2.45) is 5.92 Å². The van der Waals surface area contributed by atoms with E-state index in [2.05, 4.69) is 4.90 Å². The summed E-state index contributed by atoms with van der Waals surface area (Å²) < 4.78 is 10.8. The van der Waals surface area contributed by atoms with Crippen molar-refractivity contribution in [2.45, 2.75) is 18.9 Å². The van der Waals surface area contributed by atoms with Crippen LogP contribution in [0.1, 0.15) is 12.8 Å². The minimum absolute atomic E-state index is 0.0650. The normalized spacial score (nSPS) is 33.9. The lowest BCUT2D eigenvalue weighted by atomic mass is 9.93. The number of hydrogen-bond donors (Lipinski definition) is 0. The Morgan fingerprint density at radius 1 is 1.40 bits per heavy atom. The highest BCUT2D eigenvalue weighted by Gasteiger charge is 2.31. The molecule has 2 fully saturated rings. The van der Waals surface area contributed by atoms with E-state index in [1.54, 1.807) is 0 Å². The second-order valence-corrected chi connectivity index (χ2v) is 4.44. The predicted octanol–water partition coefficient (Wildman–Crippen LogP) is 0.313. The molecule has 2 aliphatic heterocycles. The molecule has 0 radical (unpaired) electrons. The maximum absolute atomic E-state index is 12.1. The molecule has 0 aromatic rings. The predicted molar refractivity (Wildman–Crippen MR) is 55.8 cm³/mol. The zero-order valence-electron chi connectivity index (χ0n) is 9.28. The van der Waals surface area contributed by atoms with Gasteiger partial charge in [-0.25, -0.2) is 0 Å². The number of morpholine rings is 1. The van der Waals surface area contributed by atoms with Crippen LogP contribution in [-0.4, -0.2) is 56.7 Å². The van der Waals surface area contributed by atoms with E-state index in [-0.39, 0.29) is 17.8 Å². The quantitative estimate of drug-likeness (QED) is 0.662. The van der Waals surface area contributed by atoms with Crippen LogP contribution in [0.2, 0.25) is 0 Å². The van der Waals surface area contributed by atoms with Crippen molar-refractivity contribution < 1.29 is 14.3 Å². The second-order valence-electron chi connectivity index (χ2n) is 4.44. The lowest BCUT2D eigenvalue weighted by Gasteiger charge is -2.32. The Hall–Kier alpha value is -0.450. The molecule has 0 aromatic carbocycles. The van der Waals surface area contributed by atoms with E-state index in [0.717, 1.165) is 32.5 Å². The summed E-state index contributed by atoms with van der Waals surface area (Å²) in [7, 11) is 2.03. The highest BCUT2D eigenvalue weighted by Crippen LogP contribution is 2.18. The topological polar surface area (TPSA) is 38.8 Å². The molecule has 4 heteroatoms. The number of rotatable bonds is 2. The molecule has 0 aromatic heterocycles. The van der Waals surface area contributed by atoms with E-state index < -0.39 is 0 Å². The molecule has 0 N–H and O–H groups in total. The van der Waals surface area contributed by atoms with E-state index in [1.165, 1.54) is 0 Å². The fraction of sp³-hybridized carbons (Fsp3) is 0.909. The summed E-state index contributed by atoms with van der Waals surface area (Å²) >= 11 is 0. The van der Waals surface area contributed by atoms with Gasteiger partial charge in [0.15, 0.2) is 5.78 Å². The van der Waals surface area contributed by atoms with Gasteiger partial charge < -0.3 is 14.4 Å². The highest BCUT2D eigenvalue weighted by molar-refractivity contribution is 5.86. The molecular weight excluding hydrogens is 194 g/mol. The molecule has 86 valence electrons. The summed E-state index contributed by atoms with van der Waals surface area (Å²) in [5.41, 5.74) is 0. The van der Waals surface area contributed by atoms with Gasteiger partial charge in [0.1, 0.15) is 6.10 Å². The van der Waals surface area contributed by atoms with Crippen LogP contribution in [0, 0.1) is 5.92 Å². The van der Waals surface area contributed by atoms with E-state index in [9.17, 15) is 4.79 Å². The molecule has 2 saturated heterocycles. The molecule has 15 heavy (non-hydrogen) atoms. The molecule has 0 saturated carbocycles. The third-order valence-corrected chi connectivity index (χ3v) is 3.15. The number of carbonyl (C=O) groups is 1. The first kappa shape index (κ1) is 11.0. The van der Waals surface area contributed by atoms with E-state index in [0.29, 0.717) is 13.2 Å². The third-order valence-electron chi connectivity index (χ3n) is 3.15. The number of nitrogens with zero attached hydrogens (tertiary/aromatic N) is 1. The minimum atomic E-state index is -0.226. The minimum Gasteiger partial charge on any atom is -0.381 e. The number of Topliss-reactive ketones (excluding diaryl/α,β-unsaturated/α-hetero) is 1. The largest absolute Gasteiger partial charge is 0.381 e. The van der Waals surface area contributed by atoms with E-state index in [4.69, 9.17) is 9.47 Å². The first-order valence-electron chi connectivity index (χ1n) is 5.69. The van der Waals surface area contributed by atoms with Gasteiger partial charge in [-0.3, -0.25) is 4.79 Å². The molecule has 2 rings (SSSR count). The van der Waals surface area contributed by atoms with Gasteiger partial charge in [0.05, 0.1) is 13.2 Å². The molecular formula is C11H19NO3. The highest BCUT2D eigenvalue weighted by atomic mass is 16.5. The average Bonchev–Trinajstić information content (AvgIpc) is 2.29. The number of carbonyl (C=O) groups excluding carboxylic acids is 1. The van der Waals surface area contributed by atoms with Crippen LogP contribution in [0.25, 0.3) is 0 Å². The van der Waals surface area contributed by atoms with Crippen LogP contribution in [0.15, 0.2) is 0 Å². The van der Waals surface area contributed by atoms with E-state index >= 15 is 0 Å². The molecule has 2 aliphatic rings. The first-order chi connectivity index (χ1) is 7.27. The zero-order valence-corrected chi connectivity index (χ0v) is 9.28. The molecule has 0 aliphatic carbocycles. The maximum atomic E-state index is 12.1.